The first-order chi connectivity index (χ1) is 11.5. The van der Waals surface area contributed by atoms with Crippen LogP contribution in [0.15, 0.2) is 42.5 Å². The van der Waals surface area contributed by atoms with Gasteiger partial charge in [-0.2, -0.15) is 0 Å². The Kier molecular flexibility index (Phi) is 4.81. The third kappa shape index (κ3) is 3.57. The van der Waals surface area contributed by atoms with Crippen molar-refractivity contribution in [3.8, 4) is 5.75 Å². The minimum Gasteiger partial charge on any atom is -0.490 e. The predicted octanol–water partition coefficient (Wildman–Crippen LogP) is 3.37. The smallest absolute Gasteiger partial charge is 0.227 e. The number of hydrogen-bond acceptors (Lipinski definition) is 3. The van der Waals surface area contributed by atoms with Crippen LogP contribution in [0.4, 0.5) is 10.1 Å². The third-order valence-electron chi connectivity index (χ3n) is 4.20. The number of anilines is 1. The monoisotopic (exact) mass is 329 g/mol. The van der Waals surface area contributed by atoms with Crippen LogP contribution >= 0.6 is 0 Å². The van der Waals surface area contributed by atoms with Crippen molar-refractivity contribution in [2.75, 3.05) is 18.1 Å². The van der Waals surface area contributed by atoms with Crippen molar-refractivity contribution in [2.24, 2.45) is 0 Å². The number of nitrogens with zero attached hydrogens (tertiary/aromatic N) is 1. The van der Waals surface area contributed by atoms with Crippen molar-refractivity contribution < 1.29 is 19.0 Å². The minimum atomic E-state index is -0.845. The second-order valence-corrected chi connectivity index (χ2v) is 5.97. The van der Waals surface area contributed by atoms with Crippen LogP contribution < -0.4 is 9.64 Å². The van der Waals surface area contributed by atoms with Gasteiger partial charge >= 0.3 is 0 Å². The first-order valence-electron chi connectivity index (χ1n) is 8.02. The lowest BCUT2D eigenvalue weighted by atomic mass is 10.0. The Morgan fingerprint density at radius 2 is 2.12 bits per heavy atom. The fourth-order valence-corrected chi connectivity index (χ4v) is 2.94. The van der Waals surface area contributed by atoms with Crippen LogP contribution in [0.5, 0.6) is 5.75 Å². The maximum Gasteiger partial charge on any atom is 0.227 e. The molecule has 2 aromatic carbocycles. The fourth-order valence-electron chi connectivity index (χ4n) is 2.94. The zero-order valence-corrected chi connectivity index (χ0v) is 13.5. The quantitative estimate of drug-likeness (QED) is 0.915. The summed E-state index contributed by atoms with van der Waals surface area (Å²) in [5, 5.41) is 10.3. The van der Waals surface area contributed by atoms with Crippen molar-refractivity contribution in [3.63, 3.8) is 0 Å². The van der Waals surface area contributed by atoms with Gasteiger partial charge in [0.05, 0.1) is 0 Å². The molecule has 0 saturated carbocycles. The first-order valence-corrected chi connectivity index (χ1v) is 8.02. The summed E-state index contributed by atoms with van der Waals surface area (Å²) in [7, 11) is 0. The van der Waals surface area contributed by atoms with Gasteiger partial charge in [0.1, 0.15) is 24.3 Å². The van der Waals surface area contributed by atoms with Crippen LogP contribution in [-0.2, 0) is 4.79 Å². The number of aliphatic hydroxyl groups excluding tert-OH is 1. The van der Waals surface area contributed by atoms with Crippen molar-refractivity contribution >= 4 is 11.6 Å². The average Bonchev–Trinajstić information content (AvgIpc) is 2.99. The van der Waals surface area contributed by atoms with Gasteiger partial charge in [-0.3, -0.25) is 4.79 Å². The predicted molar refractivity (Wildman–Crippen MR) is 89.6 cm³/mol. The van der Waals surface area contributed by atoms with Crippen LogP contribution in [0.25, 0.3) is 0 Å². The summed E-state index contributed by atoms with van der Waals surface area (Å²) in [6.07, 6.45) is 0.600. The van der Waals surface area contributed by atoms with E-state index < -0.39 is 6.10 Å². The molecule has 2 aromatic rings. The van der Waals surface area contributed by atoms with Crippen LogP contribution in [0, 0.1) is 12.7 Å². The summed E-state index contributed by atoms with van der Waals surface area (Å²) in [5.41, 5.74) is 2.13. The number of benzene rings is 2. The molecule has 1 aliphatic heterocycles. The van der Waals surface area contributed by atoms with Crippen LogP contribution in [-0.4, -0.2) is 24.2 Å². The number of amides is 1. The molecule has 0 radical (unpaired) electrons. The molecule has 1 heterocycles. The Morgan fingerprint density at radius 3 is 2.83 bits per heavy atom. The highest BCUT2D eigenvalue weighted by Crippen LogP contribution is 2.26. The van der Waals surface area contributed by atoms with Crippen LogP contribution in [0.2, 0.25) is 0 Å². The summed E-state index contributed by atoms with van der Waals surface area (Å²) < 4.78 is 18.8. The summed E-state index contributed by atoms with van der Waals surface area (Å²) in [6.45, 7) is 2.53. The highest BCUT2D eigenvalue weighted by atomic mass is 19.1. The molecule has 1 fully saturated rings. The Hall–Kier alpha value is -2.40. The van der Waals surface area contributed by atoms with Gasteiger partial charge in [-0.1, -0.05) is 12.1 Å². The number of halogens is 1. The molecule has 4 nitrogen and oxygen atoms in total. The highest BCUT2D eigenvalue weighted by molar-refractivity contribution is 5.95. The number of carbonyl (C=O) groups is 1. The number of aryl methyl sites for hydroxylation is 1. The van der Waals surface area contributed by atoms with E-state index in [4.69, 9.17) is 4.74 Å². The Labute approximate surface area is 140 Å². The van der Waals surface area contributed by atoms with Crippen molar-refractivity contribution in [3.05, 3.63) is 59.4 Å². The third-order valence-corrected chi connectivity index (χ3v) is 4.20. The normalized spacial score (nSPS) is 15.6. The minimum absolute atomic E-state index is 0.0594. The van der Waals surface area contributed by atoms with Crippen molar-refractivity contribution in [2.45, 2.75) is 25.9 Å². The summed E-state index contributed by atoms with van der Waals surface area (Å²) in [5.74, 6) is 0.382. The summed E-state index contributed by atoms with van der Waals surface area (Å²) >= 11 is 0. The SMILES string of the molecule is Cc1cc(F)ccc1C(O)COc1cccc(N2CCCC2=O)c1. The van der Waals surface area contributed by atoms with E-state index in [-0.39, 0.29) is 18.3 Å². The second-order valence-electron chi connectivity index (χ2n) is 5.97. The molecule has 0 aliphatic carbocycles. The first kappa shape index (κ1) is 16.5. The second kappa shape index (κ2) is 7.01. The van der Waals surface area contributed by atoms with E-state index in [9.17, 15) is 14.3 Å². The molecule has 1 N–H and O–H groups in total. The van der Waals surface area contributed by atoms with E-state index in [2.05, 4.69) is 0 Å². The molecule has 1 aliphatic rings. The standard InChI is InChI=1S/C19H20FNO3/c1-13-10-14(20)7-8-17(13)18(22)12-24-16-5-2-4-15(11-16)21-9-3-6-19(21)23/h2,4-5,7-8,10-11,18,22H,3,6,9,12H2,1H3. The molecule has 0 bridgehead atoms. The van der Waals surface area contributed by atoms with E-state index in [0.29, 0.717) is 23.3 Å². The number of hydrogen-bond donors (Lipinski definition) is 1. The van der Waals surface area contributed by atoms with E-state index in [1.54, 1.807) is 30.0 Å². The number of carbonyl (C=O) groups excluding carboxylic acids is 1. The molecular formula is C19H20FNO3. The average molecular weight is 329 g/mol. The van der Waals surface area contributed by atoms with Gasteiger partial charge in [0.15, 0.2) is 0 Å². The summed E-state index contributed by atoms with van der Waals surface area (Å²) in [4.78, 5) is 13.6. The molecule has 0 spiro atoms. The van der Waals surface area contributed by atoms with Crippen LogP contribution in [0.3, 0.4) is 0 Å². The lowest BCUT2D eigenvalue weighted by Crippen LogP contribution is -2.23. The van der Waals surface area contributed by atoms with Gasteiger partial charge in [0.25, 0.3) is 0 Å². The van der Waals surface area contributed by atoms with E-state index in [0.717, 1.165) is 18.7 Å². The molecule has 1 atom stereocenters. The maximum absolute atomic E-state index is 13.1. The van der Waals surface area contributed by atoms with Gasteiger partial charge in [0.2, 0.25) is 5.91 Å². The van der Waals surface area contributed by atoms with Gasteiger partial charge < -0.3 is 14.7 Å². The highest BCUT2D eigenvalue weighted by Gasteiger charge is 2.22. The number of aliphatic hydroxyl groups is 1. The maximum atomic E-state index is 13.1. The zero-order valence-electron chi connectivity index (χ0n) is 13.5. The molecule has 1 saturated heterocycles. The zero-order chi connectivity index (χ0) is 17.1. The molecule has 1 amide bonds. The molecule has 0 aromatic heterocycles. The Balaban J connectivity index is 1.67. The molecule has 126 valence electrons. The largest absolute Gasteiger partial charge is 0.490 e. The number of ether oxygens (including phenoxy) is 1. The molecule has 1 unspecified atom stereocenters. The molecular weight excluding hydrogens is 309 g/mol. The van der Waals surface area contributed by atoms with Gasteiger partial charge in [0, 0.05) is 24.7 Å². The molecule has 24 heavy (non-hydrogen) atoms. The summed E-state index contributed by atoms with van der Waals surface area (Å²) in [6, 6.07) is 11.6. The van der Waals surface area contributed by atoms with Crippen LogP contribution in [0.1, 0.15) is 30.1 Å². The van der Waals surface area contributed by atoms with Gasteiger partial charge in [-0.05, 0) is 48.7 Å². The Morgan fingerprint density at radius 1 is 1.29 bits per heavy atom. The topological polar surface area (TPSA) is 49.8 Å². The lowest BCUT2D eigenvalue weighted by Gasteiger charge is -2.18. The lowest BCUT2D eigenvalue weighted by molar-refractivity contribution is -0.117. The van der Waals surface area contributed by atoms with E-state index in [1.165, 1.54) is 12.1 Å². The van der Waals surface area contributed by atoms with E-state index in [1.807, 2.05) is 12.1 Å². The van der Waals surface area contributed by atoms with Gasteiger partial charge in [-0.15, -0.1) is 0 Å². The van der Waals surface area contributed by atoms with E-state index >= 15 is 0 Å². The Bertz CT molecular complexity index is 747. The van der Waals surface area contributed by atoms with Crippen molar-refractivity contribution in [1.82, 2.24) is 0 Å². The van der Waals surface area contributed by atoms with Gasteiger partial charge in [-0.25, -0.2) is 4.39 Å². The van der Waals surface area contributed by atoms with Crippen molar-refractivity contribution in [1.29, 1.82) is 0 Å². The molecule has 5 heteroatoms. The fraction of sp³-hybridized carbons (Fsp3) is 0.316. The molecule has 3 rings (SSSR count). The number of rotatable bonds is 5.